The lowest BCUT2D eigenvalue weighted by Gasteiger charge is -2.04. The van der Waals surface area contributed by atoms with Crippen LogP contribution in [0.2, 0.25) is 0 Å². The molecule has 0 aliphatic carbocycles. The number of rotatable bonds is 3. The van der Waals surface area contributed by atoms with Gasteiger partial charge in [-0.05, 0) is 5.46 Å². The maximum atomic E-state index is 9.09. The van der Waals surface area contributed by atoms with E-state index >= 15 is 0 Å². The molecular weight excluding hydrogens is 265 g/mol. The van der Waals surface area contributed by atoms with Crippen LogP contribution in [-0.4, -0.2) is 32.1 Å². The second kappa shape index (κ2) is 5.82. The Bertz CT molecular complexity index is 733. The van der Waals surface area contributed by atoms with Crippen LogP contribution in [0.15, 0.2) is 60.9 Å². The average molecular weight is 277 g/mol. The van der Waals surface area contributed by atoms with Crippen molar-refractivity contribution in [2.75, 3.05) is 0 Å². The molecule has 0 fully saturated rings. The van der Waals surface area contributed by atoms with E-state index in [1.54, 1.807) is 24.3 Å². The van der Waals surface area contributed by atoms with E-state index in [-0.39, 0.29) is 0 Å². The Morgan fingerprint density at radius 3 is 1.86 bits per heavy atom. The molecule has 102 valence electrons. The van der Waals surface area contributed by atoms with Gasteiger partial charge in [0.25, 0.3) is 0 Å². The summed E-state index contributed by atoms with van der Waals surface area (Å²) in [6.07, 6.45) is 1.47. The van der Waals surface area contributed by atoms with Crippen LogP contribution in [-0.2, 0) is 0 Å². The molecule has 3 aromatic rings. The van der Waals surface area contributed by atoms with Crippen LogP contribution < -0.4 is 5.46 Å². The molecule has 3 rings (SSSR count). The SMILES string of the molecule is OB(O)c1ccc(-c2ncnc(-c3ccccc3)n2)cc1. The van der Waals surface area contributed by atoms with Crippen LogP contribution >= 0.6 is 0 Å². The number of benzene rings is 2. The molecule has 0 radical (unpaired) electrons. The molecule has 0 saturated carbocycles. The minimum atomic E-state index is -1.47. The predicted molar refractivity (Wildman–Crippen MR) is 80.5 cm³/mol. The van der Waals surface area contributed by atoms with E-state index in [2.05, 4.69) is 15.0 Å². The minimum absolute atomic E-state index is 0.427. The molecule has 1 heterocycles. The van der Waals surface area contributed by atoms with Crippen molar-refractivity contribution in [3.05, 3.63) is 60.9 Å². The van der Waals surface area contributed by atoms with Gasteiger partial charge in [-0.3, -0.25) is 0 Å². The summed E-state index contributed by atoms with van der Waals surface area (Å²) in [6.45, 7) is 0. The molecule has 6 heteroatoms. The van der Waals surface area contributed by atoms with Gasteiger partial charge in [-0.2, -0.15) is 0 Å². The summed E-state index contributed by atoms with van der Waals surface area (Å²) in [5.41, 5.74) is 2.14. The smallest absolute Gasteiger partial charge is 0.423 e. The van der Waals surface area contributed by atoms with E-state index in [4.69, 9.17) is 10.0 Å². The van der Waals surface area contributed by atoms with E-state index in [1.165, 1.54) is 6.33 Å². The Balaban J connectivity index is 1.96. The fourth-order valence-corrected chi connectivity index (χ4v) is 1.97. The van der Waals surface area contributed by atoms with Crippen LogP contribution in [0.4, 0.5) is 0 Å². The molecule has 2 aromatic carbocycles. The lowest BCUT2D eigenvalue weighted by atomic mass is 9.80. The Morgan fingerprint density at radius 1 is 0.714 bits per heavy atom. The van der Waals surface area contributed by atoms with Gasteiger partial charge in [0.05, 0.1) is 0 Å². The molecule has 2 N–H and O–H groups in total. The van der Waals surface area contributed by atoms with Gasteiger partial charge in [-0.1, -0.05) is 54.6 Å². The molecule has 0 aliphatic heterocycles. The second-order valence-electron chi connectivity index (χ2n) is 4.49. The van der Waals surface area contributed by atoms with Crippen molar-refractivity contribution in [2.24, 2.45) is 0 Å². The molecular formula is C15H12BN3O2. The molecule has 21 heavy (non-hydrogen) atoms. The van der Waals surface area contributed by atoms with Crippen molar-refractivity contribution in [3.8, 4) is 22.8 Å². The molecule has 5 nitrogen and oxygen atoms in total. The van der Waals surface area contributed by atoms with Gasteiger partial charge in [-0.15, -0.1) is 0 Å². The van der Waals surface area contributed by atoms with Gasteiger partial charge in [-0.25, -0.2) is 15.0 Å². The fourth-order valence-electron chi connectivity index (χ4n) is 1.97. The highest BCUT2D eigenvalue weighted by Gasteiger charge is 2.11. The molecule has 0 unspecified atom stereocenters. The topological polar surface area (TPSA) is 79.1 Å². The third kappa shape index (κ3) is 2.96. The van der Waals surface area contributed by atoms with Crippen molar-refractivity contribution in [3.63, 3.8) is 0 Å². The summed E-state index contributed by atoms with van der Waals surface area (Å²) >= 11 is 0. The maximum absolute atomic E-state index is 9.09. The van der Waals surface area contributed by atoms with Crippen molar-refractivity contribution < 1.29 is 10.0 Å². The van der Waals surface area contributed by atoms with Gasteiger partial charge in [0, 0.05) is 11.1 Å². The lowest BCUT2D eigenvalue weighted by Crippen LogP contribution is -2.29. The molecule has 0 amide bonds. The van der Waals surface area contributed by atoms with Crippen molar-refractivity contribution in [1.82, 2.24) is 15.0 Å². The van der Waals surface area contributed by atoms with Crippen molar-refractivity contribution in [2.45, 2.75) is 0 Å². The molecule has 0 aliphatic rings. The van der Waals surface area contributed by atoms with Gasteiger partial charge in [0.1, 0.15) is 6.33 Å². The summed E-state index contributed by atoms with van der Waals surface area (Å²) in [6, 6.07) is 16.4. The zero-order valence-electron chi connectivity index (χ0n) is 11.1. The standard InChI is InChI=1S/C15H12BN3O2/c20-16(21)13-8-6-12(7-9-13)15-18-10-17-14(19-15)11-4-2-1-3-5-11/h1-10,20-21H. The fraction of sp³-hybridized carbons (Fsp3) is 0. The highest BCUT2D eigenvalue weighted by Crippen LogP contribution is 2.17. The quantitative estimate of drug-likeness (QED) is 0.695. The number of hydrogen-bond donors (Lipinski definition) is 2. The van der Waals surface area contributed by atoms with Crippen LogP contribution in [0.25, 0.3) is 22.8 Å². The molecule has 1 aromatic heterocycles. The highest BCUT2D eigenvalue weighted by molar-refractivity contribution is 6.58. The Kier molecular flexibility index (Phi) is 3.72. The average Bonchev–Trinajstić information content (AvgIpc) is 2.56. The van der Waals surface area contributed by atoms with Crippen LogP contribution in [0, 0.1) is 0 Å². The molecule has 0 atom stereocenters. The first-order valence-corrected chi connectivity index (χ1v) is 6.45. The number of nitrogens with zero attached hydrogens (tertiary/aromatic N) is 3. The van der Waals surface area contributed by atoms with Crippen LogP contribution in [0.5, 0.6) is 0 Å². The summed E-state index contributed by atoms with van der Waals surface area (Å²) < 4.78 is 0. The Hall–Kier alpha value is -2.57. The monoisotopic (exact) mass is 277 g/mol. The maximum Gasteiger partial charge on any atom is 0.488 e. The summed E-state index contributed by atoms with van der Waals surface area (Å²) in [7, 11) is -1.47. The Morgan fingerprint density at radius 2 is 1.29 bits per heavy atom. The molecule has 0 saturated heterocycles. The number of hydrogen-bond acceptors (Lipinski definition) is 5. The van der Waals surface area contributed by atoms with E-state index in [9.17, 15) is 0 Å². The third-order valence-corrected chi connectivity index (χ3v) is 3.07. The third-order valence-electron chi connectivity index (χ3n) is 3.07. The highest BCUT2D eigenvalue weighted by atomic mass is 16.4. The normalized spacial score (nSPS) is 10.4. The van der Waals surface area contributed by atoms with E-state index in [0.29, 0.717) is 17.1 Å². The molecule has 0 bridgehead atoms. The number of aromatic nitrogens is 3. The van der Waals surface area contributed by atoms with Crippen LogP contribution in [0.3, 0.4) is 0 Å². The minimum Gasteiger partial charge on any atom is -0.423 e. The first kappa shape index (κ1) is 13.4. The van der Waals surface area contributed by atoms with E-state index < -0.39 is 7.12 Å². The van der Waals surface area contributed by atoms with Crippen molar-refractivity contribution in [1.29, 1.82) is 0 Å². The summed E-state index contributed by atoms with van der Waals surface area (Å²) in [5.74, 6) is 1.15. The second-order valence-corrected chi connectivity index (χ2v) is 4.49. The largest absolute Gasteiger partial charge is 0.488 e. The van der Waals surface area contributed by atoms with Gasteiger partial charge < -0.3 is 10.0 Å². The first-order chi connectivity index (χ1) is 10.2. The van der Waals surface area contributed by atoms with E-state index in [1.807, 2.05) is 30.3 Å². The van der Waals surface area contributed by atoms with Crippen LogP contribution in [0.1, 0.15) is 0 Å². The first-order valence-electron chi connectivity index (χ1n) is 6.45. The summed E-state index contributed by atoms with van der Waals surface area (Å²) in [5, 5.41) is 18.2. The van der Waals surface area contributed by atoms with Gasteiger partial charge >= 0.3 is 7.12 Å². The Labute approximate surface area is 122 Å². The predicted octanol–water partition coefficient (Wildman–Crippen LogP) is 0.885. The lowest BCUT2D eigenvalue weighted by molar-refractivity contribution is 0.426. The zero-order chi connectivity index (χ0) is 14.7. The van der Waals surface area contributed by atoms with E-state index in [0.717, 1.165) is 11.1 Å². The van der Waals surface area contributed by atoms with Gasteiger partial charge in [0.15, 0.2) is 11.6 Å². The van der Waals surface area contributed by atoms with Gasteiger partial charge in [0.2, 0.25) is 0 Å². The molecule has 0 spiro atoms. The van der Waals surface area contributed by atoms with Crippen molar-refractivity contribution >= 4 is 12.6 Å². The summed E-state index contributed by atoms with van der Waals surface area (Å²) in [4.78, 5) is 12.8. The zero-order valence-corrected chi connectivity index (χ0v) is 11.1.